The van der Waals surface area contributed by atoms with Gasteiger partial charge in [0.15, 0.2) is 0 Å². The molecule has 0 aliphatic rings. The lowest BCUT2D eigenvalue weighted by Crippen LogP contribution is -2.32. The molecule has 0 aromatic heterocycles. The maximum Gasteiger partial charge on any atom is 0.148 e. The van der Waals surface area contributed by atoms with Gasteiger partial charge in [0.05, 0.1) is 0 Å². The van der Waals surface area contributed by atoms with Crippen LogP contribution in [-0.2, 0) is 4.74 Å². The van der Waals surface area contributed by atoms with E-state index in [1.165, 1.54) is 0 Å². The van der Waals surface area contributed by atoms with Crippen LogP contribution in [0.1, 0.15) is 26.7 Å². The molecule has 1 unspecified atom stereocenters. The predicted octanol–water partition coefficient (Wildman–Crippen LogP) is 0.423. The number of amidine groups is 1. The molecule has 1 atom stereocenters. The van der Waals surface area contributed by atoms with Gasteiger partial charge in [-0.15, -0.1) is 0 Å². The van der Waals surface area contributed by atoms with Crippen molar-refractivity contribution < 1.29 is 4.74 Å². The Balaban J connectivity index is 3.87. The monoisotopic (exact) mass is 159 g/mol. The number of nitrogens with zero attached hydrogens (tertiary/aromatic N) is 1. The summed E-state index contributed by atoms with van der Waals surface area (Å²) in [7, 11) is 0. The normalized spacial score (nSPS) is 14.9. The van der Waals surface area contributed by atoms with Gasteiger partial charge in [-0.1, -0.05) is 13.3 Å². The van der Waals surface area contributed by atoms with Gasteiger partial charge in [-0.3, -0.25) is 0 Å². The van der Waals surface area contributed by atoms with E-state index in [0.29, 0.717) is 12.4 Å². The van der Waals surface area contributed by atoms with E-state index in [1.807, 2.05) is 6.92 Å². The summed E-state index contributed by atoms with van der Waals surface area (Å²) in [6.45, 7) is 4.63. The molecule has 11 heavy (non-hydrogen) atoms. The third-order valence-electron chi connectivity index (χ3n) is 1.40. The van der Waals surface area contributed by atoms with E-state index < -0.39 is 0 Å². The van der Waals surface area contributed by atoms with Crippen molar-refractivity contribution in [3.05, 3.63) is 0 Å². The average Bonchev–Trinajstić information content (AvgIpc) is 2.03. The maximum absolute atomic E-state index is 5.49. The Kier molecular flexibility index (Phi) is 5.56. The van der Waals surface area contributed by atoms with Gasteiger partial charge >= 0.3 is 0 Å². The van der Waals surface area contributed by atoms with Crippen LogP contribution < -0.4 is 11.6 Å². The topological polar surface area (TPSA) is 73.6 Å². The lowest BCUT2D eigenvalue weighted by molar-refractivity contribution is 0.102. The van der Waals surface area contributed by atoms with Crippen molar-refractivity contribution in [1.82, 2.24) is 0 Å². The smallest absolute Gasteiger partial charge is 0.148 e. The highest BCUT2D eigenvalue weighted by atomic mass is 16.5. The Morgan fingerprint density at radius 3 is 2.55 bits per heavy atom. The number of hydrazone groups is 1. The van der Waals surface area contributed by atoms with E-state index in [4.69, 9.17) is 16.3 Å². The molecular formula is C7H17N3O. The van der Waals surface area contributed by atoms with Crippen LogP contribution in [-0.4, -0.2) is 18.5 Å². The first kappa shape index (κ1) is 10.2. The first-order valence-electron chi connectivity index (χ1n) is 3.91. The minimum absolute atomic E-state index is 0.102. The van der Waals surface area contributed by atoms with E-state index in [2.05, 4.69) is 12.0 Å². The molecule has 0 radical (unpaired) electrons. The lowest BCUT2D eigenvalue weighted by atomic mass is 10.2. The zero-order valence-corrected chi connectivity index (χ0v) is 7.21. The van der Waals surface area contributed by atoms with Crippen molar-refractivity contribution in [2.24, 2.45) is 16.7 Å². The van der Waals surface area contributed by atoms with Gasteiger partial charge in [-0.25, -0.2) is 0 Å². The van der Waals surface area contributed by atoms with Crippen LogP contribution in [0.5, 0.6) is 0 Å². The van der Waals surface area contributed by atoms with E-state index in [-0.39, 0.29) is 6.10 Å². The van der Waals surface area contributed by atoms with Gasteiger partial charge in [0.25, 0.3) is 0 Å². The second-order valence-electron chi connectivity index (χ2n) is 2.29. The fourth-order valence-electron chi connectivity index (χ4n) is 0.863. The summed E-state index contributed by atoms with van der Waals surface area (Å²) < 4.78 is 5.30. The van der Waals surface area contributed by atoms with Crippen molar-refractivity contribution in [3.63, 3.8) is 0 Å². The molecule has 66 valence electrons. The number of ether oxygens (including phenoxy) is 1. The largest absolute Gasteiger partial charge is 0.384 e. The van der Waals surface area contributed by atoms with Crippen LogP contribution in [0.4, 0.5) is 0 Å². The number of rotatable bonds is 5. The zero-order valence-electron chi connectivity index (χ0n) is 7.21. The van der Waals surface area contributed by atoms with Crippen LogP contribution >= 0.6 is 0 Å². The van der Waals surface area contributed by atoms with Crippen molar-refractivity contribution in [1.29, 1.82) is 0 Å². The first-order chi connectivity index (χ1) is 5.26. The van der Waals surface area contributed by atoms with Gasteiger partial charge < -0.3 is 16.3 Å². The Morgan fingerprint density at radius 1 is 1.55 bits per heavy atom. The van der Waals surface area contributed by atoms with Gasteiger partial charge in [-0.2, -0.15) is 5.10 Å². The molecule has 0 aromatic rings. The minimum atomic E-state index is -0.102. The molecule has 0 heterocycles. The molecule has 0 aromatic carbocycles. The second-order valence-corrected chi connectivity index (χ2v) is 2.29. The van der Waals surface area contributed by atoms with Crippen LogP contribution in [0, 0.1) is 0 Å². The number of nitrogens with two attached hydrogens (primary N) is 2. The average molecular weight is 159 g/mol. The van der Waals surface area contributed by atoms with E-state index in [9.17, 15) is 0 Å². The Morgan fingerprint density at radius 2 is 2.18 bits per heavy atom. The molecule has 4 N–H and O–H groups in total. The SMILES string of the molecule is CCCC(OCC)C(N)=NN. The molecule has 4 heteroatoms. The number of hydrogen-bond acceptors (Lipinski definition) is 3. The Labute approximate surface area is 67.6 Å². The highest BCUT2D eigenvalue weighted by Crippen LogP contribution is 2.01. The third kappa shape index (κ3) is 3.83. The van der Waals surface area contributed by atoms with Crippen LogP contribution in [0.2, 0.25) is 0 Å². The van der Waals surface area contributed by atoms with Crippen molar-refractivity contribution in [2.75, 3.05) is 6.61 Å². The van der Waals surface area contributed by atoms with Crippen molar-refractivity contribution in [2.45, 2.75) is 32.8 Å². The summed E-state index contributed by atoms with van der Waals surface area (Å²) in [4.78, 5) is 0. The van der Waals surface area contributed by atoms with Crippen LogP contribution in [0.15, 0.2) is 5.10 Å². The van der Waals surface area contributed by atoms with E-state index in [0.717, 1.165) is 12.8 Å². The molecule has 0 fully saturated rings. The van der Waals surface area contributed by atoms with Gasteiger partial charge in [0.1, 0.15) is 11.9 Å². The summed E-state index contributed by atoms with van der Waals surface area (Å²) in [5, 5.41) is 3.40. The lowest BCUT2D eigenvalue weighted by Gasteiger charge is -2.14. The third-order valence-corrected chi connectivity index (χ3v) is 1.40. The van der Waals surface area contributed by atoms with E-state index >= 15 is 0 Å². The molecule has 0 aliphatic heterocycles. The second kappa shape index (κ2) is 5.97. The van der Waals surface area contributed by atoms with Gasteiger partial charge in [0, 0.05) is 6.61 Å². The van der Waals surface area contributed by atoms with Gasteiger partial charge in [0.2, 0.25) is 0 Å². The Hall–Kier alpha value is -0.770. The first-order valence-corrected chi connectivity index (χ1v) is 3.91. The fraction of sp³-hybridized carbons (Fsp3) is 0.857. The summed E-state index contributed by atoms with van der Waals surface area (Å²) in [6, 6.07) is 0. The van der Waals surface area contributed by atoms with Crippen molar-refractivity contribution >= 4 is 5.84 Å². The van der Waals surface area contributed by atoms with Crippen molar-refractivity contribution in [3.8, 4) is 0 Å². The zero-order chi connectivity index (χ0) is 8.69. The molecule has 0 saturated carbocycles. The highest BCUT2D eigenvalue weighted by molar-refractivity contribution is 5.84. The summed E-state index contributed by atoms with van der Waals surface area (Å²) in [5.74, 6) is 5.40. The number of hydrogen-bond donors (Lipinski definition) is 2. The Bertz CT molecular complexity index is 119. The van der Waals surface area contributed by atoms with Crippen LogP contribution in [0.25, 0.3) is 0 Å². The summed E-state index contributed by atoms with van der Waals surface area (Å²) in [5.41, 5.74) is 5.49. The van der Waals surface area contributed by atoms with Gasteiger partial charge in [-0.05, 0) is 13.3 Å². The maximum atomic E-state index is 5.49. The molecule has 0 saturated heterocycles. The molecular weight excluding hydrogens is 142 g/mol. The van der Waals surface area contributed by atoms with Crippen LogP contribution in [0.3, 0.4) is 0 Å². The quantitative estimate of drug-likeness (QED) is 0.264. The molecule has 0 bridgehead atoms. The standard InChI is InChI=1S/C7H17N3O/c1-3-5-6(11-4-2)7(8)10-9/h6H,3-5,9H2,1-2H3,(H2,8,10). The molecule has 0 spiro atoms. The predicted molar refractivity (Wildman–Crippen MR) is 46.1 cm³/mol. The summed E-state index contributed by atoms with van der Waals surface area (Å²) >= 11 is 0. The summed E-state index contributed by atoms with van der Waals surface area (Å²) in [6.07, 6.45) is 1.79. The minimum Gasteiger partial charge on any atom is -0.384 e. The fourth-order valence-corrected chi connectivity index (χ4v) is 0.863. The van der Waals surface area contributed by atoms with E-state index in [1.54, 1.807) is 0 Å². The highest BCUT2D eigenvalue weighted by Gasteiger charge is 2.10. The molecule has 0 rings (SSSR count). The molecule has 0 aliphatic carbocycles. The molecule has 0 amide bonds. The molecule has 4 nitrogen and oxygen atoms in total.